The Labute approximate surface area is 125 Å². The Hall–Kier alpha value is -0.770. The number of ether oxygens (including phenoxy) is 1. The smallest absolute Gasteiger partial charge is 0.407 e. The van der Waals surface area contributed by atoms with Gasteiger partial charge in [-0.3, -0.25) is 0 Å². The van der Waals surface area contributed by atoms with Gasteiger partial charge in [-0.05, 0) is 39.7 Å². The van der Waals surface area contributed by atoms with Crippen molar-refractivity contribution in [1.29, 1.82) is 0 Å². The van der Waals surface area contributed by atoms with Crippen LogP contribution in [0.4, 0.5) is 4.79 Å². The van der Waals surface area contributed by atoms with E-state index >= 15 is 0 Å². The Bertz CT molecular complexity index is 258. The second-order valence-electron chi connectivity index (χ2n) is 6.46. The van der Waals surface area contributed by atoms with Crippen LogP contribution < -0.4 is 10.6 Å². The highest BCUT2D eigenvalue weighted by Crippen LogP contribution is 2.08. The molecule has 1 atom stereocenters. The molecule has 4 heteroatoms. The van der Waals surface area contributed by atoms with E-state index in [4.69, 9.17) is 4.74 Å². The molecule has 1 unspecified atom stereocenters. The zero-order valence-electron chi connectivity index (χ0n) is 14.2. The lowest BCUT2D eigenvalue weighted by molar-refractivity contribution is 0.0521. The fourth-order valence-electron chi connectivity index (χ4n) is 2.06. The van der Waals surface area contributed by atoms with Crippen molar-refractivity contribution in [3.8, 4) is 0 Å². The SMILES string of the molecule is CCCC(CNC(=O)OC(C)(C)C)NCC(CC)CC. The number of carbonyl (C=O) groups is 1. The zero-order valence-corrected chi connectivity index (χ0v) is 14.2. The third kappa shape index (κ3) is 10.1. The second-order valence-corrected chi connectivity index (χ2v) is 6.46. The molecule has 2 N–H and O–H groups in total. The highest BCUT2D eigenvalue weighted by atomic mass is 16.6. The summed E-state index contributed by atoms with van der Waals surface area (Å²) in [7, 11) is 0. The third-order valence-corrected chi connectivity index (χ3v) is 3.38. The van der Waals surface area contributed by atoms with Crippen LogP contribution in [0.2, 0.25) is 0 Å². The van der Waals surface area contributed by atoms with Gasteiger partial charge in [0.15, 0.2) is 0 Å². The molecular weight excluding hydrogens is 252 g/mol. The van der Waals surface area contributed by atoms with E-state index in [1.807, 2.05) is 20.8 Å². The van der Waals surface area contributed by atoms with Crippen molar-refractivity contribution in [2.75, 3.05) is 13.1 Å². The quantitative estimate of drug-likeness (QED) is 0.679. The minimum atomic E-state index is -0.437. The Kier molecular flexibility index (Phi) is 9.64. The zero-order chi connectivity index (χ0) is 15.6. The average Bonchev–Trinajstić information content (AvgIpc) is 2.34. The van der Waals surface area contributed by atoms with Gasteiger partial charge in [-0.2, -0.15) is 0 Å². The molecule has 20 heavy (non-hydrogen) atoms. The number of carbonyl (C=O) groups excluding carboxylic acids is 1. The van der Waals surface area contributed by atoms with E-state index in [1.54, 1.807) is 0 Å². The molecule has 0 aliphatic heterocycles. The normalized spacial score (nSPS) is 13.3. The largest absolute Gasteiger partial charge is 0.444 e. The van der Waals surface area contributed by atoms with Crippen LogP contribution in [-0.4, -0.2) is 30.8 Å². The molecule has 4 nitrogen and oxygen atoms in total. The van der Waals surface area contributed by atoms with Crippen LogP contribution in [0.15, 0.2) is 0 Å². The first-order valence-corrected chi connectivity index (χ1v) is 8.02. The molecule has 0 rings (SSSR count). The Morgan fingerprint density at radius 1 is 1.10 bits per heavy atom. The summed E-state index contributed by atoms with van der Waals surface area (Å²) < 4.78 is 5.26. The summed E-state index contributed by atoms with van der Waals surface area (Å²) >= 11 is 0. The van der Waals surface area contributed by atoms with Crippen LogP contribution in [0, 0.1) is 5.92 Å². The predicted octanol–water partition coefficient (Wildman–Crippen LogP) is 3.71. The van der Waals surface area contributed by atoms with Gasteiger partial charge in [-0.15, -0.1) is 0 Å². The maximum Gasteiger partial charge on any atom is 0.407 e. The second kappa shape index (κ2) is 10.0. The van der Waals surface area contributed by atoms with Crippen molar-refractivity contribution in [2.45, 2.75) is 78.9 Å². The highest BCUT2D eigenvalue weighted by molar-refractivity contribution is 5.67. The molecule has 0 aromatic carbocycles. The minimum Gasteiger partial charge on any atom is -0.444 e. The molecule has 0 bridgehead atoms. The number of alkyl carbamates (subject to hydrolysis) is 1. The molecule has 0 aromatic rings. The lowest BCUT2D eigenvalue weighted by Crippen LogP contribution is -2.44. The van der Waals surface area contributed by atoms with Gasteiger partial charge in [0.1, 0.15) is 5.60 Å². The Balaban J connectivity index is 4.10. The van der Waals surface area contributed by atoms with Gasteiger partial charge in [-0.25, -0.2) is 4.79 Å². The van der Waals surface area contributed by atoms with Crippen molar-refractivity contribution in [2.24, 2.45) is 5.92 Å². The van der Waals surface area contributed by atoms with E-state index in [1.165, 1.54) is 12.8 Å². The van der Waals surface area contributed by atoms with Crippen LogP contribution in [0.5, 0.6) is 0 Å². The van der Waals surface area contributed by atoms with Gasteiger partial charge >= 0.3 is 6.09 Å². The van der Waals surface area contributed by atoms with Crippen molar-refractivity contribution < 1.29 is 9.53 Å². The molecule has 1 amide bonds. The lowest BCUT2D eigenvalue weighted by Gasteiger charge is -2.24. The van der Waals surface area contributed by atoms with E-state index in [0.717, 1.165) is 25.3 Å². The topological polar surface area (TPSA) is 50.4 Å². The third-order valence-electron chi connectivity index (χ3n) is 3.38. The van der Waals surface area contributed by atoms with E-state index in [2.05, 4.69) is 31.4 Å². The first kappa shape index (κ1) is 19.2. The van der Waals surface area contributed by atoms with Gasteiger partial charge in [0.05, 0.1) is 0 Å². The van der Waals surface area contributed by atoms with Gasteiger partial charge in [0.2, 0.25) is 0 Å². The monoisotopic (exact) mass is 286 g/mol. The standard InChI is InChI=1S/C16H34N2O2/c1-7-10-14(17-11-13(8-2)9-3)12-18-15(19)20-16(4,5)6/h13-14,17H,7-12H2,1-6H3,(H,18,19). The number of hydrogen-bond acceptors (Lipinski definition) is 3. The fourth-order valence-corrected chi connectivity index (χ4v) is 2.06. The van der Waals surface area contributed by atoms with Crippen LogP contribution in [0.1, 0.15) is 67.2 Å². The number of hydrogen-bond donors (Lipinski definition) is 2. The first-order chi connectivity index (χ1) is 9.32. The van der Waals surface area contributed by atoms with E-state index in [9.17, 15) is 4.79 Å². The van der Waals surface area contributed by atoms with Crippen LogP contribution in [0.3, 0.4) is 0 Å². The van der Waals surface area contributed by atoms with Crippen LogP contribution in [0.25, 0.3) is 0 Å². The summed E-state index contributed by atoms with van der Waals surface area (Å²) in [5.74, 6) is 0.718. The van der Waals surface area contributed by atoms with Gasteiger partial charge in [-0.1, -0.05) is 40.0 Å². The van der Waals surface area contributed by atoms with Crippen LogP contribution >= 0.6 is 0 Å². The van der Waals surface area contributed by atoms with Gasteiger partial charge in [0.25, 0.3) is 0 Å². The molecule has 0 saturated heterocycles. The molecular formula is C16H34N2O2. The lowest BCUT2D eigenvalue weighted by atomic mass is 10.0. The summed E-state index contributed by atoms with van der Waals surface area (Å²) in [4.78, 5) is 11.7. The molecule has 0 aromatic heterocycles. The molecule has 0 fully saturated rings. The van der Waals surface area contributed by atoms with E-state index in [-0.39, 0.29) is 6.09 Å². The predicted molar refractivity (Wildman–Crippen MR) is 85.0 cm³/mol. The van der Waals surface area contributed by atoms with Gasteiger partial charge < -0.3 is 15.4 Å². The molecule has 0 radical (unpaired) electrons. The number of rotatable bonds is 9. The van der Waals surface area contributed by atoms with E-state index in [0.29, 0.717) is 12.6 Å². The first-order valence-electron chi connectivity index (χ1n) is 8.02. The summed E-state index contributed by atoms with van der Waals surface area (Å²) in [5, 5.41) is 6.43. The maximum atomic E-state index is 11.7. The summed E-state index contributed by atoms with van der Waals surface area (Å²) in [6.45, 7) is 13.9. The highest BCUT2D eigenvalue weighted by Gasteiger charge is 2.17. The fraction of sp³-hybridized carbons (Fsp3) is 0.938. The molecule has 0 aliphatic rings. The summed E-state index contributed by atoms with van der Waals surface area (Å²) in [5.41, 5.74) is -0.437. The summed E-state index contributed by atoms with van der Waals surface area (Å²) in [6, 6.07) is 0.327. The number of nitrogens with one attached hydrogen (secondary N) is 2. The Morgan fingerprint density at radius 2 is 1.70 bits per heavy atom. The van der Waals surface area contributed by atoms with Crippen molar-refractivity contribution in [3.63, 3.8) is 0 Å². The van der Waals surface area contributed by atoms with Crippen molar-refractivity contribution >= 4 is 6.09 Å². The van der Waals surface area contributed by atoms with Crippen molar-refractivity contribution in [1.82, 2.24) is 10.6 Å². The molecule has 0 aliphatic carbocycles. The van der Waals surface area contributed by atoms with Gasteiger partial charge in [0, 0.05) is 12.6 Å². The average molecular weight is 286 g/mol. The number of amides is 1. The molecule has 0 heterocycles. The van der Waals surface area contributed by atoms with Crippen LogP contribution in [-0.2, 0) is 4.74 Å². The van der Waals surface area contributed by atoms with Crippen molar-refractivity contribution in [3.05, 3.63) is 0 Å². The minimum absolute atomic E-state index is 0.327. The maximum absolute atomic E-state index is 11.7. The van der Waals surface area contributed by atoms with E-state index < -0.39 is 5.60 Å². The Morgan fingerprint density at radius 3 is 2.15 bits per heavy atom. The summed E-state index contributed by atoms with van der Waals surface area (Å²) in [6.07, 6.45) is 4.24. The molecule has 0 saturated carbocycles. The molecule has 0 spiro atoms. The molecule has 120 valence electrons.